The second-order valence-electron chi connectivity index (χ2n) is 6.14. The van der Waals surface area contributed by atoms with Gasteiger partial charge in [0.1, 0.15) is 0 Å². The van der Waals surface area contributed by atoms with Crippen molar-refractivity contribution in [2.45, 2.75) is 46.2 Å². The van der Waals surface area contributed by atoms with E-state index in [9.17, 15) is 0 Å². The molecule has 1 aliphatic heterocycles. The van der Waals surface area contributed by atoms with E-state index >= 15 is 0 Å². The first kappa shape index (κ1) is 14.5. The third-order valence-electron chi connectivity index (χ3n) is 3.99. The Kier molecular flexibility index (Phi) is 5.41. The predicted molar refractivity (Wildman–Crippen MR) is 82.3 cm³/mol. The van der Waals surface area contributed by atoms with Gasteiger partial charge in [0, 0.05) is 32.2 Å². The zero-order valence-electron chi connectivity index (χ0n) is 12.7. The molecule has 0 amide bonds. The number of rotatable bonds is 5. The number of hydrogen-bond acceptors (Lipinski definition) is 2. The first-order chi connectivity index (χ1) is 9.19. The fourth-order valence-electron chi connectivity index (χ4n) is 3.06. The number of hydrogen-bond donors (Lipinski definition) is 1. The van der Waals surface area contributed by atoms with E-state index in [2.05, 4.69) is 55.3 Å². The van der Waals surface area contributed by atoms with Crippen LogP contribution in [0.5, 0.6) is 0 Å². The molecule has 1 aliphatic rings. The summed E-state index contributed by atoms with van der Waals surface area (Å²) >= 11 is 0. The number of nitrogens with zero attached hydrogens (tertiary/aromatic N) is 1. The maximum atomic E-state index is 3.65. The Morgan fingerprint density at radius 2 is 2.00 bits per heavy atom. The highest BCUT2D eigenvalue weighted by atomic mass is 15.2. The van der Waals surface area contributed by atoms with E-state index in [-0.39, 0.29) is 0 Å². The van der Waals surface area contributed by atoms with Gasteiger partial charge in [0.2, 0.25) is 0 Å². The summed E-state index contributed by atoms with van der Waals surface area (Å²) in [5.41, 5.74) is 3.01. The van der Waals surface area contributed by atoms with Crippen molar-refractivity contribution in [3.05, 3.63) is 35.4 Å². The zero-order chi connectivity index (χ0) is 13.7. The lowest BCUT2D eigenvalue weighted by Gasteiger charge is -2.35. The van der Waals surface area contributed by atoms with Gasteiger partial charge in [-0.15, -0.1) is 0 Å². The van der Waals surface area contributed by atoms with Crippen molar-refractivity contribution in [1.82, 2.24) is 10.2 Å². The van der Waals surface area contributed by atoms with E-state index in [4.69, 9.17) is 0 Å². The Morgan fingerprint density at radius 1 is 1.26 bits per heavy atom. The van der Waals surface area contributed by atoms with Gasteiger partial charge in [-0.3, -0.25) is 4.90 Å². The Labute approximate surface area is 118 Å². The first-order valence-electron chi connectivity index (χ1n) is 7.71. The molecule has 1 saturated heterocycles. The standard InChI is InChI=1S/C17H28N2/c1-4-15-7-5-6-8-16(15)12-19-10-9-18-17(13-19)11-14(2)3/h5-8,14,17-18H,4,9-13H2,1-3H3. The van der Waals surface area contributed by atoms with Crippen LogP contribution in [0.4, 0.5) is 0 Å². The van der Waals surface area contributed by atoms with E-state index in [1.165, 1.54) is 30.6 Å². The highest BCUT2D eigenvalue weighted by Gasteiger charge is 2.20. The van der Waals surface area contributed by atoms with Crippen LogP contribution in [-0.2, 0) is 13.0 Å². The number of aryl methyl sites for hydroxylation is 1. The molecule has 106 valence electrons. The highest BCUT2D eigenvalue weighted by Crippen LogP contribution is 2.15. The zero-order valence-corrected chi connectivity index (χ0v) is 12.7. The molecule has 0 aromatic heterocycles. The molecule has 2 nitrogen and oxygen atoms in total. The van der Waals surface area contributed by atoms with Gasteiger partial charge in [0.05, 0.1) is 0 Å². The Bertz CT molecular complexity index is 387. The number of piperazine rings is 1. The molecular weight excluding hydrogens is 232 g/mol. The minimum atomic E-state index is 0.669. The minimum absolute atomic E-state index is 0.669. The molecule has 1 aromatic rings. The second kappa shape index (κ2) is 7.06. The summed E-state index contributed by atoms with van der Waals surface area (Å²) in [6.07, 6.45) is 2.42. The molecule has 19 heavy (non-hydrogen) atoms. The largest absolute Gasteiger partial charge is 0.311 e. The third-order valence-corrected chi connectivity index (χ3v) is 3.99. The molecule has 0 bridgehead atoms. The summed E-state index contributed by atoms with van der Waals surface area (Å²) < 4.78 is 0. The molecule has 1 fully saturated rings. The van der Waals surface area contributed by atoms with E-state index in [0.29, 0.717) is 6.04 Å². The Balaban J connectivity index is 1.95. The van der Waals surface area contributed by atoms with E-state index in [0.717, 1.165) is 25.4 Å². The second-order valence-corrected chi connectivity index (χ2v) is 6.14. The van der Waals surface area contributed by atoms with Crippen LogP contribution in [0.3, 0.4) is 0 Å². The fourth-order valence-corrected chi connectivity index (χ4v) is 3.06. The van der Waals surface area contributed by atoms with Crippen LogP contribution in [-0.4, -0.2) is 30.6 Å². The molecule has 2 heteroatoms. The van der Waals surface area contributed by atoms with Crippen molar-refractivity contribution in [2.75, 3.05) is 19.6 Å². The lowest BCUT2D eigenvalue weighted by molar-refractivity contribution is 0.179. The number of benzene rings is 1. The van der Waals surface area contributed by atoms with Crippen molar-refractivity contribution >= 4 is 0 Å². The molecule has 1 N–H and O–H groups in total. The van der Waals surface area contributed by atoms with Gasteiger partial charge in [-0.25, -0.2) is 0 Å². The van der Waals surface area contributed by atoms with Crippen molar-refractivity contribution in [2.24, 2.45) is 5.92 Å². The molecular formula is C17H28N2. The Morgan fingerprint density at radius 3 is 2.68 bits per heavy atom. The topological polar surface area (TPSA) is 15.3 Å². The molecule has 1 atom stereocenters. The van der Waals surface area contributed by atoms with Gasteiger partial charge in [-0.2, -0.15) is 0 Å². The summed E-state index contributed by atoms with van der Waals surface area (Å²) in [5, 5.41) is 3.65. The van der Waals surface area contributed by atoms with Crippen LogP contribution in [0.15, 0.2) is 24.3 Å². The van der Waals surface area contributed by atoms with Crippen LogP contribution in [0.1, 0.15) is 38.3 Å². The van der Waals surface area contributed by atoms with Crippen LogP contribution in [0.25, 0.3) is 0 Å². The molecule has 0 aliphatic carbocycles. The normalized spacial score (nSPS) is 20.9. The van der Waals surface area contributed by atoms with Crippen molar-refractivity contribution < 1.29 is 0 Å². The molecule has 2 rings (SSSR count). The molecule has 1 heterocycles. The summed E-state index contributed by atoms with van der Waals surface area (Å²) in [5.74, 6) is 0.778. The number of nitrogens with one attached hydrogen (secondary N) is 1. The van der Waals surface area contributed by atoms with Gasteiger partial charge < -0.3 is 5.32 Å². The van der Waals surface area contributed by atoms with Crippen LogP contribution in [0, 0.1) is 5.92 Å². The monoisotopic (exact) mass is 260 g/mol. The average molecular weight is 260 g/mol. The molecule has 1 unspecified atom stereocenters. The summed E-state index contributed by atoms with van der Waals surface area (Å²) in [6, 6.07) is 9.55. The van der Waals surface area contributed by atoms with Crippen LogP contribution in [0.2, 0.25) is 0 Å². The molecule has 0 saturated carbocycles. The van der Waals surface area contributed by atoms with Crippen molar-refractivity contribution in [1.29, 1.82) is 0 Å². The van der Waals surface area contributed by atoms with Crippen molar-refractivity contribution in [3.63, 3.8) is 0 Å². The van der Waals surface area contributed by atoms with Gasteiger partial charge in [-0.05, 0) is 29.9 Å². The highest BCUT2D eigenvalue weighted by molar-refractivity contribution is 5.27. The lowest BCUT2D eigenvalue weighted by Crippen LogP contribution is -2.50. The molecule has 1 aromatic carbocycles. The maximum absolute atomic E-state index is 3.65. The quantitative estimate of drug-likeness (QED) is 0.875. The average Bonchev–Trinajstić information content (AvgIpc) is 2.39. The van der Waals surface area contributed by atoms with E-state index < -0.39 is 0 Å². The Hall–Kier alpha value is -0.860. The van der Waals surface area contributed by atoms with Crippen molar-refractivity contribution in [3.8, 4) is 0 Å². The summed E-state index contributed by atoms with van der Waals surface area (Å²) in [7, 11) is 0. The van der Waals surface area contributed by atoms with Gasteiger partial charge in [0.15, 0.2) is 0 Å². The fraction of sp³-hybridized carbons (Fsp3) is 0.647. The smallest absolute Gasteiger partial charge is 0.0237 e. The van der Waals surface area contributed by atoms with Crippen LogP contribution >= 0.6 is 0 Å². The van der Waals surface area contributed by atoms with Gasteiger partial charge >= 0.3 is 0 Å². The van der Waals surface area contributed by atoms with Crippen LogP contribution < -0.4 is 5.32 Å². The maximum Gasteiger partial charge on any atom is 0.0237 e. The lowest BCUT2D eigenvalue weighted by atomic mass is 10.0. The summed E-state index contributed by atoms with van der Waals surface area (Å²) in [6.45, 7) is 11.5. The first-order valence-corrected chi connectivity index (χ1v) is 7.71. The van der Waals surface area contributed by atoms with E-state index in [1.807, 2.05) is 0 Å². The minimum Gasteiger partial charge on any atom is -0.311 e. The predicted octanol–water partition coefficient (Wildman–Crippen LogP) is 3.07. The van der Waals surface area contributed by atoms with Gasteiger partial charge in [-0.1, -0.05) is 45.0 Å². The molecule has 0 spiro atoms. The van der Waals surface area contributed by atoms with Gasteiger partial charge in [0.25, 0.3) is 0 Å². The van der Waals surface area contributed by atoms with E-state index in [1.54, 1.807) is 0 Å². The molecule has 0 radical (unpaired) electrons. The SMILES string of the molecule is CCc1ccccc1CN1CCNC(CC(C)C)C1. The summed E-state index contributed by atoms with van der Waals surface area (Å²) in [4.78, 5) is 2.61. The third kappa shape index (κ3) is 4.32.